The molecule has 0 heterocycles. The molecule has 10 heavy (non-hydrogen) atoms. The van der Waals surface area contributed by atoms with Crippen molar-refractivity contribution < 1.29 is 0 Å². The van der Waals surface area contributed by atoms with Gasteiger partial charge in [-0.1, -0.05) is 12.1 Å². The van der Waals surface area contributed by atoms with Crippen LogP contribution >= 0.6 is 25.3 Å². The first-order valence-electron chi connectivity index (χ1n) is 3.11. The van der Waals surface area contributed by atoms with Gasteiger partial charge < -0.3 is 0 Å². The van der Waals surface area contributed by atoms with E-state index in [0.29, 0.717) is 0 Å². The van der Waals surface area contributed by atoms with Gasteiger partial charge in [0.05, 0.1) is 0 Å². The molecule has 0 amide bonds. The van der Waals surface area contributed by atoms with Crippen LogP contribution in [0.4, 0.5) is 0 Å². The third kappa shape index (κ3) is 1.32. The Labute approximate surface area is 72.5 Å². The quantitative estimate of drug-likeness (QED) is 0.550. The van der Waals surface area contributed by atoms with E-state index in [9.17, 15) is 0 Å². The lowest BCUT2D eigenvalue weighted by Crippen LogP contribution is -1.82. The van der Waals surface area contributed by atoms with E-state index in [1.165, 1.54) is 11.1 Å². The Morgan fingerprint density at radius 2 is 1.20 bits per heavy atom. The lowest BCUT2D eigenvalue weighted by atomic mass is 10.2. The maximum Gasteiger partial charge on any atom is 0.0206 e. The van der Waals surface area contributed by atoms with Gasteiger partial charge in [-0.3, -0.25) is 0 Å². The van der Waals surface area contributed by atoms with Gasteiger partial charge >= 0.3 is 0 Å². The van der Waals surface area contributed by atoms with Crippen LogP contribution < -0.4 is 0 Å². The third-order valence-electron chi connectivity index (χ3n) is 1.55. The molecule has 1 aromatic rings. The van der Waals surface area contributed by atoms with Crippen LogP contribution in [0.15, 0.2) is 21.9 Å². The van der Waals surface area contributed by atoms with E-state index in [2.05, 4.69) is 37.4 Å². The summed E-state index contributed by atoms with van der Waals surface area (Å²) in [7, 11) is 0. The van der Waals surface area contributed by atoms with Crippen LogP contribution in [-0.4, -0.2) is 0 Å². The molecule has 1 rings (SSSR count). The molecule has 0 spiro atoms. The zero-order valence-electron chi connectivity index (χ0n) is 6.05. The summed E-state index contributed by atoms with van der Waals surface area (Å²) >= 11 is 8.61. The number of hydrogen-bond acceptors (Lipinski definition) is 2. The van der Waals surface area contributed by atoms with Gasteiger partial charge in [-0.25, -0.2) is 0 Å². The smallest absolute Gasteiger partial charge is 0.0206 e. The first-order valence-corrected chi connectivity index (χ1v) is 4.00. The normalized spacial score (nSPS) is 10.0. The van der Waals surface area contributed by atoms with Gasteiger partial charge in [-0.2, -0.15) is 0 Å². The fourth-order valence-corrected chi connectivity index (χ4v) is 1.28. The van der Waals surface area contributed by atoms with E-state index in [4.69, 9.17) is 0 Å². The predicted octanol–water partition coefficient (Wildman–Crippen LogP) is 2.88. The van der Waals surface area contributed by atoms with Crippen LogP contribution in [0.5, 0.6) is 0 Å². The maximum atomic E-state index is 4.30. The zero-order chi connectivity index (χ0) is 7.72. The van der Waals surface area contributed by atoms with Gasteiger partial charge in [0.25, 0.3) is 0 Å². The number of aryl methyl sites for hydroxylation is 2. The minimum atomic E-state index is 0.989. The van der Waals surface area contributed by atoms with Gasteiger partial charge in [0.2, 0.25) is 0 Å². The highest BCUT2D eigenvalue weighted by Crippen LogP contribution is 2.24. The summed E-state index contributed by atoms with van der Waals surface area (Å²) in [6.07, 6.45) is 0. The molecule has 0 fully saturated rings. The average molecular weight is 170 g/mol. The molecule has 0 bridgehead atoms. The largest absolute Gasteiger partial charge is 0.142 e. The number of thiol groups is 2. The second-order valence-electron chi connectivity index (χ2n) is 2.40. The standard InChI is InChI=1S/C8H10S2/c1-5-3-4-6(2)8(10)7(5)9/h3-4,9-10H,1-2H3. The fourth-order valence-electron chi connectivity index (χ4n) is 0.781. The van der Waals surface area contributed by atoms with Crippen molar-refractivity contribution in [1.29, 1.82) is 0 Å². The second-order valence-corrected chi connectivity index (χ2v) is 3.29. The van der Waals surface area contributed by atoms with Crippen molar-refractivity contribution in [2.24, 2.45) is 0 Å². The molecule has 1 aromatic carbocycles. The lowest BCUT2D eigenvalue weighted by Gasteiger charge is -2.04. The first kappa shape index (κ1) is 8.02. The molecule has 0 saturated heterocycles. The van der Waals surface area contributed by atoms with Crippen molar-refractivity contribution in [2.75, 3.05) is 0 Å². The Bertz CT molecular complexity index is 227. The molecule has 0 radical (unpaired) electrons. The monoisotopic (exact) mass is 170 g/mol. The molecule has 0 aliphatic heterocycles. The van der Waals surface area contributed by atoms with Crippen LogP contribution in [0.1, 0.15) is 11.1 Å². The van der Waals surface area contributed by atoms with Crippen molar-refractivity contribution in [2.45, 2.75) is 23.6 Å². The highest BCUT2D eigenvalue weighted by molar-refractivity contribution is 7.83. The Morgan fingerprint density at radius 3 is 1.50 bits per heavy atom. The van der Waals surface area contributed by atoms with Crippen molar-refractivity contribution in [3.05, 3.63) is 23.3 Å². The second kappa shape index (κ2) is 2.89. The van der Waals surface area contributed by atoms with Crippen molar-refractivity contribution in [3.63, 3.8) is 0 Å². The summed E-state index contributed by atoms with van der Waals surface area (Å²) in [5.74, 6) is 0. The van der Waals surface area contributed by atoms with Crippen LogP contribution in [0, 0.1) is 13.8 Å². The Kier molecular flexibility index (Phi) is 2.32. The summed E-state index contributed by atoms with van der Waals surface area (Å²) in [5.41, 5.74) is 2.36. The highest BCUT2D eigenvalue weighted by Gasteiger charge is 1.99. The van der Waals surface area contributed by atoms with Gasteiger partial charge in [0.1, 0.15) is 0 Å². The van der Waals surface area contributed by atoms with Gasteiger partial charge in [0, 0.05) is 9.79 Å². The van der Waals surface area contributed by atoms with Gasteiger partial charge in [-0.15, -0.1) is 25.3 Å². The molecule has 0 atom stereocenters. The average Bonchev–Trinajstić information content (AvgIpc) is 1.93. The minimum Gasteiger partial charge on any atom is -0.142 e. The van der Waals surface area contributed by atoms with Crippen LogP contribution in [0.25, 0.3) is 0 Å². The molecule has 54 valence electrons. The van der Waals surface area contributed by atoms with Crippen molar-refractivity contribution >= 4 is 25.3 Å². The summed E-state index contributed by atoms with van der Waals surface area (Å²) in [6, 6.07) is 4.11. The van der Waals surface area contributed by atoms with Gasteiger partial charge in [-0.05, 0) is 25.0 Å². The van der Waals surface area contributed by atoms with E-state index in [-0.39, 0.29) is 0 Å². The van der Waals surface area contributed by atoms with Crippen LogP contribution in [0.2, 0.25) is 0 Å². The first-order chi connectivity index (χ1) is 4.63. The fraction of sp³-hybridized carbons (Fsp3) is 0.250. The zero-order valence-corrected chi connectivity index (χ0v) is 7.84. The molecular weight excluding hydrogens is 160 g/mol. The highest BCUT2D eigenvalue weighted by atomic mass is 32.1. The Morgan fingerprint density at radius 1 is 0.900 bits per heavy atom. The molecular formula is C8H10S2. The Balaban J connectivity index is 3.34. The molecule has 0 aromatic heterocycles. The van der Waals surface area contributed by atoms with Crippen LogP contribution in [-0.2, 0) is 0 Å². The summed E-state index contributed by atoms with van der Waals surface area (Å²) < 4.78 is 0. The minimum absolute atomic E-state index is 0.989. The molecule has 0 aliphatic rings. The third-order valence-corrected chi connectivity index (χ3v) is 2.88. The van der Waals surface area contributed by atoms with E-state index in [1.54, 1.807) is 0 Å². The van der Waals surface area contributed by atoms with E-state index >= 15 is 0 Å². The maximum absolute atomic E-state index is 4.30. The van der Waals surface area contributed by atoms with Crippen LogP contribution in [0.3, 0.4) is 0 Å². The molecule has 0 nitrogen and oxygen atoms in total. The molecule has 0 N–H and O–H groups in total. The summed E-state index contributed by atoms with van der Waals surface area (Å²) in [4.78, 5) is 1.98. The number of rotatable bonds is 0. The molecule has 0 unspecified atom stereocenters. The van der Waals surface area contributed by atoms with E-state index in [0.717, 1.165) is 9.79 Å². The molecule has 2 heteroatoms. The molecule has 0 saturated carbocycles. The van der Waals surface area contributed by atoms with E-state index in [1.807, 2.05) is 13.8 Å². The SMILES string of the molecule is Cc1ccc(C)c(S)c1S. The summed E-state index contributed by atoms with van der Waals surface area (Å²) in [6.45, 7) is 4.06. The lowest BCUT2D eigenvalue weighted by molar-refractivity contribution is 1.13. The molecule has 0 aliphatic carbocycles. The Hall–Kier alpha value is -0.0800. The summed E-state index contributed by atoms with van der Waals surface area (Å²) in [5, 5.41) is 0. The van der Waals surface area contributed by atoms with Gasteiger partial charge in [0.15, 0.2) is 0 Å². The van der Waals surface area contributed by atoms with Crippen molar-refractivity contribution in [1.82, 2.24) is 0 Å². The number of benzene rings is 1. The van der Waals surface area contributed by atoms with E-state index < -0.39 is 0 Å². The topological polar surface area (TPSA) is 0 Å². The van der Waals surface area contributed by atoms with Crippen molar-refractivity contribution in [3.8, 4) is 0 Å². The predicted molar refractivity (Wildman–Crippen MR) is 50.4 cm³/mol. The number of hydrogen-bond donors (Lipinski definition) is 2.